The number of hydrogen-bond acceptors (Lipinski definition) is 2. The molecule has 6 heteroatoms. The molecule has 0 amide bonds. The average molecular weight is 396 g/mol. The van der Waals surface area contributed by atoms with Crippen molar-refractivity contribution in [3.63, 3.8) is 0 Å². The number of nitrogens with one attached hydrogen (secondary N) is 1. The largest absolute Gasteiger partial charge is 0.364 e. The van der Waals surface area contributed by atoms with E-state index < -0.39 is 0 Å². The number of hydrogen-bond donors (Lipinski definition) is 1. The molecule has 1 aromatic heterocycles. The van der Waals surface area contributed by atoms with Crippen molar-refractivity contribution in [2.75, 3.05) is 19.6 Å². The molecule has 26 heavy (non-hydrogen) atoms. The number of Topliss-reactive ketones (excluding diaryl/α,β-unsaturated/α-hetero) is 1. The van der Waals surface area contributed by atoms with E-state index in [2.05, 4.69) is 18.4 Å². The molecule has 0 radical (unpaired) electrons. The van der Waals surface area contributed by atoms with E-state index in [1.807, 2.05) is 32.0 Å². The third-order valence-electron chi connectivity index (χ3n) is 4.92. The first-order valence-electron chi connectivity index (χ1n) is 8.93. The van der Waals surface area contributed by atoms with Gasteiger partial charge in [0.05, 0.1) is 10.0 Å². The normalized spacial score (nSPS) is 23.2. The molecule has 2 atom stereocenters. The molecule has 1 aliphatic heterocycles. The number of halogens is 2. The summed E-state index contributed by atoms with van der Waals surface area (Å²) in [4.78, 5) is 14.2. The van der Waals surface area contributed by atoms with Gasteiger partial charge in [0.25, 0.3) is 0 Å². The number of carbonyl (C=O) groups excluding carboxylic acids is 1. The lowest BCUT2D eigenvalue weighted by molar-refractivity contribution is -0.906. The highest BCUT2D eigenvalue weighted by atomic mass is 35.5. The number of rotatable bonds is 4. The first-order valence-corrected chi connectivity index (χ1v) is 9.68. The van der Waals surface area contributed by atoms with Crippen molar-refractivity contribution < 1.29 is 14.4 Å². The molecule has 0 aliphatic carbocycles. The van der Waals surface area contributed by atoms with Crippen molar-refractivity contribution in [1.82, 2.24) is 4.57 Å². The molecule has 1 aromatic carbocycles. The van der Waals surface area contributed by atoms with Crippen LogP contribution in [0.15, 0.2) is 24.3 Å². The zero-order valence-electron chi connectivity index (χ0n) is 15.6. The van der Waals surface area contributed by atoms with Gasteiger partial charge < -0.3 is 14.2 Å². The van der Waals surface area contributed by atoms with Crippen LogP contribution in [0.25, 0.3) is 5.69 Å². The van der Waals surface area contributed by atoms with E-state index in [4.69, 9.17) is 27.9 Å². The summed E-state index contributed by atoms with van der Waals surface area (Å²) >= 11 is 12.2. The number of benzene rings is 1. The van der Waals surface area contributed by atoms with Crippen LogP contribution in [0.5, 0.6) is 0 Å². The second-order valence-electron chi connectivity index (χ2n) is 7.23. The summed E-state index contributed by atoms with van der Waals surface area (Å²) in [5, 5.41) is 1.03. The maximum atomic E-state index is 12.9. The maximum absolute atomic E-state index is 12.9. The lowest BCUT2D eigenvalue weighted by atomic mass is 10.1. The van der Waals surface area contributed by atoms with E-state index in [0.717, 1.165) is 35.7 Å². The van der Waals surface area contributed by atoms with Gasteiger partial charge in [0.15, 0.2) is 0 Å². The van der Waals surface area contributed by atoms with E-state index in [1.165, 1.54) is 4.90 Å². The first-order chi connectivity index (χ1) is 12.3. The Morgan fingerprint density at radius 3 is 2.42 bits per heavy atom. The fourth-order valence-corrected chi connectivity index (χ4v) is 4.21. The van der Waals surface area contributed by atoms with Crippen LogP contribution in [0.1, 0.15) is 35.6 Å². The zero-order valence-corrected chi connectivity index (χ0v) is 17.1. The number of nitrogens with zero attached hydrogens (tertiary/aromatic N) is 1. The molecule has 1 fully saturated rings. The number of carbonyl (C=O) groups is 1. The van der Waals surface area contributed by atoms with Gasteiger partial charge in [0.1, 0.15) is 31.8 Å². The van der Waals surface area contributed by atoms with E-state index in [-0.39, 0.29) is 18.0 Å². The highest BCUT2D eigenvalue weighted by Crippen LogP contribution is 2.27. The third-order valence-corrected chi connectivity index (χ3v) is 5.66. The lowest BCUT2D eigenvalue weighted by Gasteiger charge is -2.31. The Hall–Kier alpha value is -1.33. The minimum Gasteiger partial charge on any atom is -0.364 e. The second-order valence-corrected chi connectivity index (χ2v) is 8.05. The number of ether oxygens (including phenoxy) is 1. The van der Waals surface area contributed by atoms with Crippen LogP contribution in [-0.4, -0.2) is 42.2 Å². The Kier molecular flexibility index (Phi) is 5.78. The fourth-order valence-electron chi connectivity index (χ4n) is 3.92. The van der Waals surface area contributed by atoms with Crippen LogP contribution >= 0.6 is 23.2 Å². The van der Waals surface area contributed by atoms with Gasteiger partial charge in [-0.25, -0.2) is 0 Å². The van der Waals surface area contributed by atoms with Crippen LogP contribution < -0.4 is 4.90 Å². The van der Waals surface area contributed by atoms with Gasteiger partial charge in [-0.15, -0.1) is 0 Å². The van der Waals surface area contributed by atoms with Gasteiger partial charge in [0, 0.05) is 22.6 Å². The van der Waals surface area contributed by atoms with Gasteiger partial charge in [-0.3, -0.25) is 4.79 Å². The van der Waals surface area contributed by atoms with Crippen LogP contribution in [0.4, 0.5) is 0 Å². The van der Waals surface area contributed by atoms with E-state index >= 15 is 0 Å². The van der Waals surface area contributed by atoms with Crippen molar-refractivity contribution in [3.8, 4) is 5.69 Å². The molecule has 4 nitrogen and oxygen atoms in total. The molecule has 0 bridgehead atoms. The maximum Gasteiger partial charge on any atom is 0.218 e. The summed E-state index contributed by atoms with van der Waals surface area (Å²) in [5.41, 5.74) is 3.62. The molecule has 0 spiro atoms. The topological polar surface area (TPSA) is 35.7 Å². The predicted octanol–water partition coefficient (Wildman–Crippen LogP) is 3.28. The molecule has 0 unspecified atom stereocenters. The smallest absolute Gasteiger partial charge is 0.218 e. The Morgan fingerprint density at radius 1 is 1.15 bits per heavy atom. The van der Waals surface area contributed by atoms with Crippen molar-refractivity contribution in [3.05, 3.63) is 51.3 Å². The molecule has 1 aliphatic rings. The molecule has 1 N–H and O–H groups in total. The fraction of sp³-hybridized carbons (Fsp3) is 0.450. The Morgan fingerprint density at radius 2 is 1.81 bits per heavy atom. The van der Waals surface area contributed by atoms with E-state index in [0.29, 0.717) is 16.6 Å². The molecule has 1 saturated heterocycles. The zero-order chi connectivity index (χ0) is 19.0. The number of morpholine rings is 1. The van der Waals surface area contributed by atoms with Gasteiger partial charge >= 0.3 is 0 Å². The molecular formula is C20H25Cl2N2O2+. The molecule has 3 rings (SSSR count). The number of aryl methyl sites for hydroxylation is 1. The summed E-state index contributed by atoms with van der Waals surface area (Å²) < 4.78 is 7.82. The summed E-state index contributed by atoms with van der Waals surface area (Å²) in [6, 6.07) is 7.49. The van der Waals surface area contributed by atoms with Crippen molar-refractivity contribution >= 4 is 29.0 Å². The minimum absolute atomic E-state index is 0.167. The second kappa shape index (κ2) is 7.73. The van der Waals surface area contributed by atoms with Gasteiger partial charge in [-0.1, -0.05) is 23.2 Å². The summed E-state index contributed by atoms with van der Waals surface area (Å²) in [6.45, 7) is 10.3. The van der Waals surface area contributed by atoms with Crippen molar-refractivity contribution in [2.45, 2.75) is 39.9 Å². The number of aromatic nitrogens is 1. The Bertz CT molecular complexity index is 821. The molecule has 2 aromatic rings. The van der Waals surface area contributed by atoms with Gasteiger partial charge in [-0.05, 0) is 52.0 Å². The highest BCUT2D eigenvalue weighted by molar-refractivity contribution is 6.42. The van der Waals surface area contributed by atoms with Crippen LogP contribution in [0, 0.1) is 13.8 Å². The quantitative estimate of drug-likeness (QED) is 0.806. The third kappa shape index (κ3) is 3.99. The summed E-state index contributed by atoms with van der Waals surface area (Å²) in [6.07, 6.45) is 0.371. The molecular weight excluding hydrogens is 371 g/mol. The SMILES string of the molecule is Cc1cc(C(=O)C[NH+]2C[C@H](C)O[C@@H](C)C2)c(C)n1-c1ccc(Cl)c(Cl)c1. The average Bonchev–Trinajstić information content (AvgIpc) is 2.84. The number of ketones is 1. The van der Waals surface area contributed by atoms with E-state index in [1.54, 1.807) is 6.07 Å². The summed E-state index contributed by atoms with van der Waals surface area (Å²) in [5.74, 6) is 0.167. The van der Waals surface area contributed by atoms with Gasteiger partial charge in [-0.2, -0.15) is 0 Å². The van der Waals surface area contributed by atoms with Gasteiger partial charge in [0.2, 0.25) is 5.78 Å². The van der Waals surface area contributed by atoms with Crippen molar-refractivity contribution in [2.24, 2.45) is 0 Å². The monoisotopic (exact) mass is 395 g/mol. The van der Waals surface area contributed by atoms with Crippen LogP contribution in [0.2, 0.25) is 10.0 Å². The predicted molar refractivity (Wildman–Crippen MR) is 105 cm³/mol. The summed E-state index contributed by atoms with van der Waals surface area (Å²) in [7, 11) is 0. The van der Waals surface area contributed by atoms with Crippen LogP contribution in [0.3, 0.4) is 0 Å². The molecule has 140 valence electrons. The first kappa shape index (κ1) is 19.4. The van der Waals surface area contributed by atoms with Crippen molar-refractivity contribution in [1.29, 1.82) is 0 Å². The highest BCUT2D eigenvalue weighted by Gasteiger charge is 2.28. The molecule has 2 heterocycles. The number of quaternary nitrogens is 1. The molecule has 0 saturated carbocycles. The Balaban J connectivity index is 1.85. The minimum atomic E-state index is 0.167. The Labute approximate surface area is 164 Å². The van der Waals surface area contributed by atoms with Crippen LogP contribution in [-0.2, 0) is 4.74 Å². The lowest BCUT2D eigenvalue weighted by Crippen LogP contribution is -3.16. The van der Waals surface area contributed by atoms with E-state index in [9.17, 15) is 4.79 Å². The standard InChI is InChI=1S/C20H24Cl2N2O2/c1-12-7-17(20(25)11-23-9-13(2)26-14(3)10-23)15(4)24(12)16-5-6-18(21)19(22)8-16/h5-8,13-14H,9-11H2,1-4H3/p+1/t13-,14-/m0/s1.